The van der Waals surface area contributed by atoms with Gasteiger partial charge in [0.1, 0.15) is 11.8 Å². The van der Waals surface area contributed by atoms with Gasteiger partial charge in [-0.25, -0.2) is 4.68 Å². The quantitative estimate of drug-likeness (QED) is 0.654. The highest BCUT2D eigenvalue weighted by atomic mass is 15.4. The molecule has 0 aliphatic rings. The zero-order valence-corrected chi connectivity index (χ0v) is 8.50. The van der Waals surface area contributed by atoms with Crippen molar-refractivity contribution in [3.63, 3.8) is 0 Å². The molecule has 0 aliphatic carbocycles. The van der Waals surface area contributed by atoms with Crippen LogP contribution in [0.2, 0.25) is 0 Å². The van der Waals surface area contributed by atoms with Crippen molar-refractivity contribution in [2.75, 3.05) is 0 Å². The lowest BCUT2D eigenvalue weighted by molar-refractivity contribution is 0.565. The molecule has 1 aromatic heterocycles. The summed E-state index contributed by atoms with van der Waals surface area (Å²) in [6.07, 6.45) is 0. The van der Waals surface area contributed by atoms with Crippen LogP contribution in [0.25, 0.3) is 0 Å². The molecule has 4 heteroatoms. The molecule has 0 radical (unpaired) electrons. The summed E-state index contributed by atoms with van der Waals surface area (Å²) >= 11 is 0. The van der Waals surface area contributed by atoms with Crippen molar-refractivity contribution in [1.82, 2.24) is 15.0 Å². The van der Waals surface area contributed by atoms with Crippen LogP contribution in [0, 0.1) is 11.3 Å². The highest BCUT2D eigenvalue weighted by molar-refractivity contribution is 5.30. The molecule has 0 N–H and O–H groups in total. The van der Waals surface area contributed by atoms with Gasteiger partial charge in [-0.2, -0.15) is 5.26 Å². The molecule has 4 nitrogen and oxygen atoms in total. The average molecular weight is 178 g/mol. The van der Waals surface area contributed by atoms with Crippen LogP contribution < -0.4 is 0 Å². The van der Waals surface area contributed by atoms with Crippen LogP contribution in [0.15, 0.2) is 0 Å². The molecular weight excluding hydrogens is 164 g/mol. The van der Waals surface area contributed by atoms with Gasteiger partial charge in [-0.15, -0.1) is 5.10 Å². The molecule has 1 rings (SSSR count). The number of hydrogen-bond acceptors (Lipinski definition) is 3. The average Bonchev–Trinajstić information content (AvgIpc) is 2.45. The van der Waals surface area contributed by atoms with E-state index < -0.39 is 0 Å². The summed E-state index contributed by atoms with van der Waals surface area (Å²) in [6.45, 7) is 8.71. The van der Waals surface area contributed by atoms with Gasteiger partial charge in [-0.05, 0) is 6.92 Å². The third-order valence-corrected chi connectivity index (χ3v) is 1.85. The van der Waals surface area contributed by atoms with Crippen LogP contribution in [-0.2, 0) is 12.0 Å². The molecule has 0 aromatic carbocycles. The van der Waals surface area contributed by atoms with Gasteiger partial charge in [0, 0.05) is 12.0 Å². The van der Waals surface area contributed by atoms with E-state index in [4.69, 9.17) is 5.26 Å². The van der Waals surface area contributed by atoms with Crippen molar-refractivity contribution in [1.29, 1.82) is 5.26 Å². The van der Waals surface area contributed by atoms with E-state index in [-0.39, 0.29) is 5.41 Å². The first-order valence-corrected chi connectivity index (χ1v) is 4.34. The monoisotopic (exact) mass is 178 g/mol. The third-order valence-electron chi connectivity index (χ3n) is 1.85. The maximum absolute atomic E-state index is 8.93. The molecule has 0 bridgehead atoms. The first-order valence-electron chi connectivity index (χ1n) is 4.34. The predicted octanol–water partition coefficient (Wildman–Crippen LogP) is 1.47. The maximum atomic E-state index is 8.93. The molecular formula is C9H14N4. The summed E-state index contributed by atoms with van der Waals surface area (Å²) in [4.78, 5) is 0. The number of aromatic nitrogens is 3. The molecule has 0 amide bonds. The molecule has 0 aliphatic heterocycles. The molecule has 0 fully saturated rings. The topological polar surface area (TPSA) is 54.5 Å². The SMILES string of the molecule is CCn1nnc(C(C)(C)C)c1C#N. The van der Waals surface area contributed by atoms with Gasteiger partial charge in [0.25, 0.3) is 0 Å². The first kappa shape index (κ1) is 9.72. The Morgan fingerprint density at radius 2 is 2.08 bits per heavy atom. The summed E-state index contributed by atoms with van der Waals surface area (Å²) < 4.78 is 1.63. The molecule has 0 saturated heterocycles. The van der Waals surface area contributed by atoms with Gasteiger partial charge in [0.2, 0.25) is 0 Å². The zero-order valence-electron chi connectivity index (χ0n) is 8.50. The van der Waals surface area contributed by atoms with Crippen LogP contribution >= 0.6 is 0 Å². The highest BCUT2D eigenvalue weighted by Crippen LogP contribution is 2.22. The van der Waals surface area contributed by atoms with Crippen LogP contribution in [-0.4, -0.2) is 15.0 Å². The van der Waals surface area contributed by atoms with E-state index in [2.05, 4.69) is 16.4 Å². The Hall–Kier alpha value is -1.37. The third kappa shape index (κ3) is 1.69. The predicted molar refractivity (Wildman–Crippen MR) is 49.1 cm³/mol. The summed E-state index contributed by atoms with van der Waals surface area (Å²) in [6, 6.07) is 2.14. The van der Waals surface area contributed by atoms with Crippen molar-refractivity contribution in [3.8, 4) is 6.07 Å². The fraction of sp³-hybridized carbons (Fsp3) is 0.667. The van der Waals surface area contributed by atoms with E-state index in [9.17, 15) is 0 Å². The zero-order chi connectivity index (χ0) is 10.1. The van der Waals surface area contributed by atoms with Crippen LogP contribution in [0.1, 0.15) is 39.1 Å². The normalized spacial score (nSPS) is 11.3. The minimum absolute atomic E-state index is 0.113. The van der Waals surface area contributed by atoms with E-state index in [1.54, 1.807) is 4.68 Å². The van der Waals surface area contributed by atoms with Gasteiger partial charge in [0.05, 0.1) is 0 Å². The largest absolute Gasteiger partial charge is 0.235 e. The van der Waals surface area contributed by atoms with Crippen molar-refractivity contribution in [3.05, 3.63) is 11.4 Å². The summed E-state index contributed by atoms with van der Waals surface area (Å²) in [5.41, 5.74) is 1.24. The Bertz CT molecular complexity index is 337. The van der Waals surface area contributed by atoms with E-state index in [1.165, 1.54) is 0 Å². The molecule has 0 saturated carbocycles. The first-order chi connectivity index (χ1) is 6.00. The molecule has 13 heavy (non-hydrogen) atoms. The number of nitrogens with zero attached hydrogens (tertiary/aromatic N) is 4. The van der Waals surface area contributed by atoms with Crippen LogP contribution in [0.3, 0.4) is 0 Å². The Balaban J connectivity index is 3.26. The fourth-order valence-electron chi connectivity index (χ4n) is 1.15. The Kier molecular flexibility index (Phi) is 2.37. The van der Waals surface area contributed by atoms with Crippen molar-refractivity contribution in [2.24, 2.45) is 0 Å². The van der Waals surface area contributed by atoms with Crippen molar-refractivity contribution < 1.29 is 0 Å². The van der Waals surface area contributed by atoms with E-state index in [0.29, 0.717) is 12.2 Å². The summed E-state index contributed by atoms with van der Waals surface area (Å²) in [7, 11) is 0. The standard InChI is InChI=1S/C9H14N4/c1-5-13-7(6-10)8(11-12-13)9(2,3)4/h5H2,1-4H3. The second-order valence-electron chi connectivity index (χ2n) is 3.96. The smallest absolute Gasteiger partial charge is 0.162 e. The minimum atomic E-state index is -0.113. The molecule has 1 aromatic rings. The molecule has 0 atom stereocenters. The number of hydrogen-bond donors (Lipinski definition) is 0. The molecule has 1 heterocycles. The lowest BCUT2D eigenvalue weighted by Gasteiger charge is -2.14. The van der Waals surface area contributed by atoms with Gasteiger partial charge in [-0.1, -0.05) is 26.0 Å². The molecule has 0 unspecified atom stereocenters. The minimum Gasteiger partial charge on any atom is -0.235 e. The lowest BCUT2D eigenvalue weighted by atomic mass is 9.91. The summed E-state index contributed by atoms with van der Waals surface area (Å²) in [5.74, 6) is 0. The van der Waals surface area contributed by atoms with E-state index in [0.717, 1.165) is 5.69 Å². The molecule has 70 valence electrons. The van der Waals surface area contributed by atoms with Crippen molar-refractivity contribution >= 4 is 0 Å². The highest BCUT2D eigenvalue weighted by Gasteiger charge is 2.23. The molecule has 0 spiro atoms. The van der Waals surface area contributed by atoms with Crippen LogP contribution in [0.5, 0.6) is 0 Å². The second-order valence-corrected chi connectivity index (χ2v) is 3.96. The second kappa shape index (κ2) is 3.17. The van der Waals surface area contributed by atoms with Gasteiger partial charge in [-0.3, -0.25) is 0 Å². The Morgan fingerprint density at radius 1 is 1.46 bits per heavy atom. The van der Waals surface area contributed by atoms with Gasteiger partial charge < -0.3 is 0 Å². The van der Waals surface area contributed by atoms with E-state index >= 15 is 0 Å². The number of aryl methyl sites for hydroxylation is 1. The fourth-order valence-corrected chi connectivity index (χ4v) is 1.15. The lowest BCUT2D eigenvalue weighted by Crippen LogP contribution is -2.14. The van der Waals surface area contributed by atoms with Crippen LogP contribution in [0.4, 0.5) is 0 Å². The van der Waals surface area contributed by atoms with Gasteiger partial charge >= 0.3 is 0 Å². The van der Waals surface area contributed by atoms with Gasteiger partial charge in [0.15, 0.2) is 5.69 Å². The number of rotatable bonds is 1. The number of nitriles is 1. The Morgan fingerprint density at radius 3 is 2.46 bits per heavy atom. The van der Waals surface area contributed by atoms with E-state index in [1.807, 2.05) is 27.7 Å². The Labute approximate surface area is 78.2 Å². The summed E-state index contributed by atoms with van der Waals surface area (Å²) in [5, 5.41) is 16.9. The maximum Gasteiger partial charge on any atom is 0.162 e. The van der Waals surface area contributed by atoms with Crippen molar-refractivity contribution in [2.45, 2.75) is 39.7 Å².